The van der Waals surface area contributed by atoms with Crippen LogP contribution in [0.15, 0.2) is 24.3 Å². The number of benzene rings is 1. The van der Waals surface area contributed by atoms with E-state index >= 15 is 0 Å². The standard InChI is InChI=1S/C18H30N2/c1-5-18(6-2)14-20(16(4)11-12-19-18)13-17-10-8-7-9-15(17)3/h7-10,16,19H,5-6,11-14H2,1-4H3. The van der Waals surface area contributed by atoms with Crippen LogP contribution in [0.25, 0.3) is 0 Å². The van der Waals surface area contributed by atoms with Crippen molar-refractivity contribution in [2.75, 3.05) is 13.1 Å². The highest BCUT2D eigenvalue weighted by molar-refractivity contribution is 5.25. The molecule has 0 spiro atoms. The second kappa shape index (κ2) is 6.73. The Morgan fingerprint density at radius 1 is 1.25 bits per heavy atom. The van der Waals surface area contributed by atoms with Gasteiger partial charge >= 0.3 is 0 Å². The zero-order chi connectivity index (χ0) is 14.6. The first-order valence-corrected chi connectivity index (χ1v) is 8.14. The Hall–Kier alpha value is -0.860. The largest absolute Gasteiger partial charge is 0.310 e. The van der Waals surface area contributed by atoms with E-state index in [4.69, 9.17) is 0 Å². The van der Waals surface area contributed by atoms with E-state index in [1.807, 2.05) is 0 Å². The van der Waals surface area contributed by atoms with Crippen LogP contribution in [0, 0.1) is 6.92 Å². The van der Waals surface area contributed by atoms with Gasteiger partial charge in [-0.1, -0.05) is 38.1 Å². The van der Waals surface area contributed by atoms with Crippen LogP contribution in [0.4, 0.5) is 0 Å². The minimum atomic E-state index is 0.299. The topological polar surface area (TPSA) is 15.3 Å². The van der Waals surface area contributed by atoms with Gasteiger partial charge < -0.3 is 5.32 Å². The monoisotopic (exact) mass is 274 g/mol. The van der Waals surface area contributed by atoms with Crippen molar-refractivity contribution < 1.29 is 0 Å². The van der Waals surface area contributed by atoms with Gasteiger partial charge in [0.25, 0.3) is 0 Å². The Morgan fingerprint density at radius 3 is 2.60 bits per heavy atom. The van der Waals surface area contributed by atoms with Gasteiger partial charge in [0.15, 0.2) is 0 Å². The van der Waals surface area contributed by atoms with Crippen molar-refractivity contribution in [2.45, 2.75) is 65.1 Å². The first kappa shape index (κ1) is 15.5. The lowest BCUT2D eigenvalue weighted by Gasteiger charge is -2.37. The summed E-state index contributed by atoms with van der Waals surface area (Å²) in [5, 5.41) is 3.81. The molecule has 1 saturated heterocycles. The molecule has 1 N–H and O–H groups in total. The fourth-order valence-corrected chi connectivity index (χ4v) is 3.27. The van der Waals surface area contributed by atoms with Gasteiger partial charge in [-0.15, -0.1) is 0 Å². The molecule has 1 atom stereocenters. The summed E-state index contributed by atoms with van der Waals surface area (Å²) in [4.78, 5) is 2.68. The minimum Gasteiger partial charge on any atom is -0.310 e. The lowest BCUT2D eigenvalue weighted by atomic mass is 9.92. The van der Waals surface area contributed by atoms with Crippen molar-refractivity contribution in [3.8, 4) is 0 Å². The van der Waals surface area contributed by atoms with Gasteiger partial charge in [-0.3, -0.25) is 4.90 Å². The molecule has 112 valence electrons. The quantitative estimate of drug-likeness (QED) is 0.900. The number of nitrogens with one attached hydrogen (secondary N) is 1. The summed E-state index contributed by atoms with van der Waals surface area (Å²) in [6.45, 7) is 12.6. The summed E-state index contributed by atoms with van der Waals surface area (Å²) >= 11 is 0. The third-order valence-electron chi connectivity index (χ3n) is 5.18. The maximum atomic E-state index is 3.81. The van der Waals surface area contributed by atoms with Crippen molar-refractivity contribution in [2.24, 2.45) is 0 Å². The maximum Gasteiger partial charge on any atom is 0.0303 e. The summed E-state index contributed by atoms with van der Waals surface area (Å²) in [5.41, 5.74) is 3.19. The third-order valence-corrected chi connectivity index (χ3v) is 5.18. The second-order valence-electron chi connectivity index (χ2n) is 6.38. The number of hydrogen-bond acceptors (Lipinski definition) is 2. The lowest BCUT2D eigenvalue weighted by Crippen LogP contribution is -2.51. The molecule has 20 heavy (non-hydrogen) atoms. The molecule has 0 radical (unpaired) electrons. The van der Waals surface area contributed by atoms with Crippen LogP contribution < -0.4 is 5.32 Å². The van der Waals surface area contributed by atoms with Crippen molar-refractivity contribution >= 4 is 0 Å². The molecule has 0 amide bonds. The van der Waals surface area contributed by atoms with E-state index in [9.17, 15) is 0 Å². The molecule has 1 aliphatic rings. The molecule has 0 saturated carbocycles. The van der Waals surface area contributed by atoms with Crippen molar-refractivity contribution in [3.05, 3.63) is 35.4 Å². The Bertz CT molecular complexity index is 423. The Morgan fingerprint density at radius 2 is 1.95 bits per heavy atom. The maximum absolute atomic E-state index is 3.81. The molecule has 2 nitrogen and oxygen atoms in total. The van der Waals surface area contributed by atoms with E-state index in [2.05, 4.69) is 62.2 Å². The van der Waals surface area contributed by atoms with Crippen molar-refractivity contribution in [1.82, 2.24) is 10.2 Å². The van der Waals surface area contributed by atoms with E-state index in [1.165, 1.54) is 30.4 Å². The Labute approximate surface area is 124 Å². The van der Waals surface area contributed by atoms with Gasteiger partial charge in [0, 0.05) is 24.7 Å². The SMILES string of the molecule is CCC1(CC)CN(Cc2ccccc2C)C(C)CCN1. The molecule has 2 rings (SSSR count). The van der Waals surface area contributed by atoms with E-state index in [1.54, 1.807) is 0 Å². The minimum absolute atomic E-state index is 0.299. The normalized spacial score (nSPS) is 23.5. The molecule has 1 aliphatic heterocycles. The number of hydrogen-bond donors (Lipinski definition) is 1. The predicted octanol–water partition coefficient (Wildman–Crippen LogP) is 3.74. The van der Waals surface area contributed by atoms with Crippen molar-refractivity contribution in [3.63, 3.8) is 0 Å². The van der Waals surface area contributed by atoms with Crippen LogP contribution in [-0.4, -0.2) is 29.6 Å². The van der Waals surface area contributed by atoms with E-state index in [0.717, 1.165) is 19.6 Å². The molecular weight excluding hydrogens is 244 g/mol. The van der Waals surface area contributed by atoms with Gasteiger partial charge in [0.2, 0.25) is 0 Å². The van der Waals surface area contributed by atoms with Crippen LogP contribution >= 0.6 is 0 Å². The predicted molar refractivity (Wildman–Crippen MR) is 87.0 cm³/mol. The average molecular weight is 274 g/mol. The van der Waals surface area contributed by atoms with Gasteiger partial charge in [0.1, 0.15) is 0 Å². The third kappa shape index (κ3) is 3.42. The molecule has 1 aromatic carbocycles. The van der Waals surface area contributed by atoms with Crippen molar-refractivity contribution in [1.29, 1.82) is 0 Å². The summed E-state index contributed by atoms with van der Waals surface area (Å²) in [6, 6.07) is 9.45. The summed E-state index contributed by atoms with van der Waals surface area (Å²) in [5.74, 6) is 0. The molecule has 1 heterocycles. The fourth-order valence-electron chi connectivity index (χ4n) is 3.27. The molecule has 1 fully saturated rings. The van der Waals surface area contributed by atoms with Crippen LogP contribution in [-0.2, 0) is 6.54 Å². The van der Waals surface area contributed by atoms with Crippen LogP contribution in [0.2, 0.25) is 0 Å². The lowest BCUT2D eigenvalue weighted by molar-refractivity contribution is 0.152. The highest BCUT2D eigenvalue weighted by Gasteiger charge is 2.32. The fraction of sp³-hybridized carbons (Fsp3) is 0.667. The van der Waals surface area contributed by atoms with Gasteiger partial charge in [-0.25, -0.2) is 0 Å². The molecule has 1 aromatic rings. The zero-order valence-corrected chi connectivity index (χ0v) is 13.6. The van der Waals surface area contributed by atoms with Crippen LogP contribution in [0.5, 0.6) is 0 Å². The zero-order valence-electron chi connectivity index (χ0n) is 13.6. The van der Waals surface area contributed by atoms with Crippen LogP contribution in [0.3, 0.4) is 0 Å². The molecular formula is C18H30N2. The molecule has 0 bridgehead atoms. The first-order valence-electron chi connectivity index (χ1n) is 8.14. The highest BCUT2D eigenvalue weighted by Crippen LogP contribution is 2.24. The number of aryl methyl sites for hydroxylation is 1. The van der Waals surface area contributed by atoms with E-state index in [-0.39, 0.29) is 0 Å². The Kier molecular flexibility index (Phi) is 5.22. The van der Waals surface area contributed by atoms with Gasteiger partial charge in [0.05, 0.1) is 0 Å². The molecule has 0 aromatic heterocycles. The molecule has 0 aliphatic carbocycles. The van der Waals surface area contributed by atoms with Gasteiger partial charge in [-0.05, 0) is 50.8 Å². The van der Waals surface area contributed by atoms with Crippen LogP contribution in [0.1, 0.15) is 51.2 Å². The van der Waals surface area contributed by atoms with Gasteiger partial charge in [-0.2, -0.15) is 0 Å². The summed E-state index contributed by atoms with van der Waals surface area (Å²) < 4.78 is 0. The average Bonchev–Trinajstić information content (AvgIpc) is 2.62. The summed E-state index contributed by atoms with van der Waals surface area (Å²) in [6.07, 6.45) is 3.66. The number of rotatable bonds is 4. The van der Waals surface area contributed by atoms with E-state index < -0.39 is 0 Å². The second-order valence-corrected chi connectivity index (χ2v) is 6.38. The summed E-state index contributed by atoms with van der Waals surface area (Å²) in [7, 11) is 0. The van der Waals surface area contributed by atoms with E-state index in [0.29, 0.717) is 11.6 Å². The molecule has 1 unspecified atom stereocenters. The molecule has 2 heteroatoms. The first-order chi connectivity index (χ1) is 9.60. The number of nitrogens with zero attached hydrogens (tertiary/aromatic N) is 1. The highest BCUT2D eigenvalue weighted by atomic mass is 15.2. The smallest absolute Gasteiger partial charge is 0.0303 e. The Balaban J connectivity index is 2.17.